The Morgan fingerprint density at radius 2 is 0.571 bits per heavy atom. The highest BCUT2D eigenvalue weighted by Crippen LogP contribution is 2.39. The lowest BCUT2D eigenvalue weighted by Gasteiger charge is -2.26. The van der Waals surface area contributed by atoms with E-state index >= 15 is 0 Å². The van der Waals surface area contributed by atoms with Crippen LogP contribution in [0.3, 0.4) is 0 Å². The summed E-state index contributed by atoms with van der Waals surface area (Å²) in [6.07, 6.45) is 13.8. The van der Waals surface area contributed by atoms with Gasteiger partial charge in [0.25, 0.3) is 0 Å². The first-order chi connectivity index (χ1) is 27.7. The summed E-state index contributed by atoms with van der Waals surface area (Å²) in [5.41, 5.74) is 4.99. The van der Waals surface area contributed by atoms with Gasteiger partial charge in [-0.2, -0.15) is 0 Å². The van der Waals surface area contributed by atoms with Crippen molar-refractivity contribution in [3.8, 4) is 23.0 Å². The number of hydrogen-bond acceptors (Lipinski definition) is 8. The van der Waals surface area contributed by atoms with Crippen molar-refractivity contribution < 1.29 is 37.9 Å². The second kappa shape index (κ2) is 19.9. The molecule has 0 spiro atoms. The largest absolute Gasteiger partial charge is 0.465 e. The van der Waals surface area contributed by atoms with Gasteiger partial charge in [-0.15, -0.1) is 0 Å². The maximum atomic E-state index is 6.23. The average molecular weight is 763 g/mol. The molecule has 4 heterocycles. The smallest absolute Gasteiger partial charge is 0.199 e. The maximum absolute atomic E-state index is 6.23. The van der Waals surface area contributed by atoms with Crippen molar-refractivity contribution in [3.05, 3.63) is 119 Å². The lowest BCUT2D eigenvalue weighted by Crippen LogP contribution is -2.25. The summed E-state index contributed by atoms with van der Waals surface area (Å²) in [6, 6.07) is 34.5. The van der Waals surface area contributed by atoms with Crippen molar-refractivity contribution >= 4 is 0 Å². The zero-order valence-electron chi connectivity index (χ0n) is 32.7. The van der Waals surface area contributed by atoms with Crippen LogP contribution in [0.5, 0.6) is 23.0 Å². The Hall–Kier alpha value is -4.08. The molecule has 4 saturated heterocycles. The summed E-state index contributed by atoms with van der Waals surface area (Å²) < 4.78 is 48.4. The monoisotopic (exact) mass is 762 g/mol. The summed E-state index contributed by atoms with van der Waals surface area (Å²) in [5.74, 6) is 3.67. The van der Waals surface area contributed by atoms with E-state index in [1.807, 2.05) is 0 Å². The topological polar surface area (TPSA) is 73.8 Å². The molecular formula is C48H58O8. The average Bonchev–Trinajstić information content (AvgIpc) is 3.26. The minimum absolute atomic E-state index is 0.148. The third kappa shape index (κ3) is 10.9. The third-order valence-corrected chi connectivity index (χ3v) is 11.5. The van der Waals surface area contributed by atoms with E-state index in [4.69, 9.17) is 37.9 Å². The molecule has 0 amide bonds. The van der Waals surface area contributed by atoms with Crippen LogP contribution in [-0.4, -0.2) is 51.6 Å². The van der Waals surface area contributed by atoms with E-state index in [9.17, 15) is 0 Å². The third-order valence-electron chi connectivity index (χ3n) is 11.5. The van der Waals surface area contributed by atoms with Crippen molar-refractivity contribution in [2.45, 2.75) is 127 Å². The molecule has 0 aliphatic carbocycles. The molecule has 4 aliphatic heterocycles. The van der Waals surface area contributed by atoms with Gasteiger partial charge in [0.1, 0.15) is 23.0 Å². The van der Waals surface area contributed by atoms with Crippen LogP contribution >= 0.6 is 0 Å². The molecule has 8 nitrogen and oxygen atoms in total. The minimum Gasteiger partial charge on any atom is -0.465 e. The fourth-order valence-corrected chi connectivity index (χ4v) is 8.32. The van der Waals surface area contributed by atoms with Gasteiger partial charge < -0.3 is 37.9 Å². The molecule has 0 N–H and O–H groups in total. The highest BCUT2D eigenvalue weighted by Gasteiger charge is 2.24. The van der Waals surface area contributed by atoms with Crippen LogP contribution < -0.4 is 18.9 Å². The van der Waals surface area contributed by atoms with Gasteiger partial charge in [0.2, 0.25) is 0 Å². The lowest BCUT2D eigenvalue weighted by atomic mass is 9.81. The molecule has 0 saturated carbocycles. The normalized spacial score (nSPS) is 23.1. The molecule has 0 aromatic heterocycles. The quantitative estimate of drug-likeness (QED) is 0.119. The molecule has 4 fully saturated rings. The van der Waals surface area contributed by atoms with Crippen LogP contribution in [0.4, 0.5) is 0 Å². The molecule has 0 unspecified atom stereocenters. The van der Waals surface area contributed by atoms with Crippen molar-refractivity contribution in [2.75, 3.05) is 26.4 Å². The van der Waals surface area contributed by atoms with Gasteiger partial charge in [-0.25, -0.2) is 0 Å². The van der Waals surface area contributed by atoms with E-state index in [2.05, 4.69) is 97.1 Å². The van der Waals surface area contributed by atoms with Crippen LogP contribution in [0, 0.1) is 0 Å². The molecule has 8 rings (SSSR count). The van der Waals surface area contributed by atoms with Gasteiger partial charge in [-0.3, -0.25) is 0 Å². The molecule has 56 heavy (non-hydrogen) atoms. The predicted molar refractivity (Wildman–Crippen MR) is 216 cm³/mol. The Morgan fingerprint density at radius 1 is 0.339 bits per heavy atom. The zero-order valence-corrected chi connectivity index (χ0v) is 32.7. The molecule has 4 atom stereocenters. The Bertz CT molecular complexity index is 1460. The Balaban J connectivity index is 1.04. The van der Waals surface area contributed by atoms with Gasteiger partial charge >= 0.3 is 0 Å². The number of ether oxygens (including phenoxy) is 8. The van der Waals surface area contributed by atoms with Gasteiger partial charge in [-0.05, 0) is 135 Å². The van der Waals surface area contributed by atoms with Crippen LogP contribution in [0.2, 0.25) is 0 Å². The lowest BCUT2D eigenvalue weighted by molar-refractivity contribution is -0.106. The van der Waals surface area contributed by atoms with Gasteiger partial charge in [0.05, 0.1) is 26.4 Å². The molecular weight excluding hydrogens is 705 g/mol. The summed E-state index contributed by atoms with van der Waals surface area (Å²) >= 11 is 0. The van der Waals surface area contributed by atoms with Crippen molar-refractivity contribution in [1.29, 1.82) is 0 Å². The first-order valence-corrected chi connectivity index (χ1v) is 21.2. The molecule has 8 heteroatoms. The summed E-state index contributed by atoms with van der Waals surface area (Å²) in [4.78, 5) is 0. The van der Waals surface area contributed by atoms with Crippen molar-refractivity contribution in [2.24, 2.45) is 0 Å². The van der Waals surface area contributed by atoms with Crippen LogP contribution in [0.25, 0.3) is 0 Å². The fraction of sp³-hybridized carbons (Fsp3) is 0.500. The standard InChI is InChI=1S/C48H58O8/c1-5-31-49-45(9-1)53-39-21-13-35(14-22-39)43(36-15-23-40(24-16-36)54-46-10-2-6-32-50-46)29-30-44(37-17-25-41(26-18-37)55-47-11-3-7-33-51-47)38-19-27-42(28-20-38)56-48-12-4-8-34-52-48/h13-28,43-48H,1-12,29-34H2/t45-,46-,47-,48-/m1/s1. The number of benzene rings is 4. The highest BCUT2D eigenvalue weighted by molar-refractivity contribution is 5.41. The van der Waals surface area contributed by atoms with E-state index in [1.165, 1.54) is 22.3 Å². The molecule has 0 bridgehead atoms. The summed E-state index contributed by atoms with van der Waals surface area (Å²) in [7, 11) is 0. The molecule has 0 radical (unpaired) electrons. The summed E-state index contributed by atoms with van der Waals surface area (Å²) in [6.45, 7) is 3.03. The van der Waals surface area contributed by atoms with E-state index in [-0.39, 0.29) is 37.0 Å². The molecule has 4 aromatic rings. The second-order valence-corrected chi connectivity index (χ2v) is 15.6. The Labute approximate surface area is 332 Å². The van der Waals surface area contributed by atoms with Gasteiger partial charge in [0.15, 0.2) is 25.2 Å². The summed E-state index contributed by atoms with van der Waals surface area (Å²) in [5, 5.41) is 0. The maximum Gasteiger partial charge on any atom is 0.199 e. The van der Waals surface area contributed by atoms with Gasteiger partial charge in [0, 0.05) is 37.5 Å². The first kappa shape index (κ1) is 38.8. The minimum atomic E-state index is -0.175. The van der Waals surface area contributed by atoms with E-state index in [0.29, 0.717) is 0 Å². The molecule has 4 aromatic carbocycles. The highest BCUT2D eigenvalue weighted by atomic mass is 16.7. The zero-order chi connectivity index (χ0) is 37.8. The Morgan fingerprint density at radius 3 is 0.768 bits per heavy atom. The van der Waals surface area contributed by atoms with Gasteiger partial charge in [-0.1, -0.05) is 48.5 Å². The number of rotatable bonds is 15. The van der Waals surface area contributed by atoms with Crippen molar-refractivity contribution in [1.82, 2.24) is 0 Å². The predicted octanol–water partition coefficient (Wildman–Crippen LogP) is 11.1. The SMILES string of the molecule is c1cc(C(CCC(c2ccc(O[C@@H]3CCCCO3)cc2)c2ccc(O[C@@H]3CCCCO3)cc2)c2ccc(O[C@@H]3CCCCO3)cc2)ccc1O[C@@H]1CCCCO1. The van der Waals surface area contributed by atoms with E-state index in [1.54, 1.807) is 0 Å². The van der Waals surface area contributed by atoms with Crippen LogP contribution in [0.15, 0.2) is 97.1 Å². The first-order valence-electron chi connectivity index (χ1n) is 21.2. The van der Waals surface area contributed by atoms with E-state index in [0.717, 1.165) is 139 Å². The van der Waals surface area contributed by atoms with Crippen LogP contribution in [-0.2, 0) is 18.9 Å². The Kier molecular flexibility index (Phi) is 13.8. The molecule has 298 valence electrons. The fourth-order valence-electron chi connectivity index (χ4n) is 8.32. The number of hydrogen-bond donors (Lipinski definition) is 0. The second-order valence-electron chi connectivity index (χ2n) is 15.6. The van der Waals surface area contributed by atoms with Crippen molar-refractivity contribution in [3.63, 3.8) is 0 Å². The van der Waals surface area contributed by atoms with E-state index < -0.39 is 0 Å². The molecule has 4 aliphatic rings. The van der Waals surface area contributed by atoms with Crippen LogP contribution in [0.1, 0.15) is 124 Å².